The van der Waals surface area contributed by atoms with E-state index >= 15 is 0 Å². The molecule has 0 radical (unpaired) electrons. The maximum absolute atomic E-state index is 5.25. The van der Waals surface area contributed by atoms with E-state index in [0.29, 0.717) is 17.5 Å². The monoisotopic (exact) mass is 284 g/mol. The van der Waals surface area contributed by atoms with Gasteiger partial charge in [0.25, 0.3) is 5.89 Å². The second-order valence-electron chi connectivity index (χ2n) is 4.15. The van der Waals surface area contributed by atoms with E-state index in [-0.39, 0.29) is 0 Å². The van der Waals surface area contributed by atoms with Crippen molar-refractivity contribution < 1.29 is 4.52 Å². The third kappa shape index (κ3) is 3.03. The maximum Gasteiger partial charge on any atom is 0.257 e. The van der Waals surface area contributed by atoms with Crippen LogP contribution >= 0.6 is 11.8 Å². The van der Waals surface area contributed by atoms with Gasteiger partial charge in [0.05, 0.1) is 5.75 Å². The highest BCUT2D eigenvalue weighted by atomic mass is 32.2. The zero-order valence-corrected chi connectivity index (χ0v) is 11.7. The summed E-state index contributed by atoms with van der Waals surface area (Å²) in [5.41, 5.74) is 1.86. The molecule has 6 heteroatoms. The Morgan fingerprint density at radius 1 is 1.10 bits per heavy atom. The molecule has 0 atom stereocenters. The van der Waals surface area contributed by atoms with Gasteiger partial charge in [0, 0.05) is 17.5 Å². The third-order valence-electron chi connectivity index (χ3n) is 2.59. The van der Waals surface area contributed by atoms with Crippen LogP contribution in [0.3, 0.4) is 0 Å². The Morgan fingerprint density at radius 3 is 2.75 bits per heavy atom. The number of hydrogen-bond donors (Lipinski definition) is 0. The number of aromatic nitrogens is 4. The van der Waals surface area contributed by atoms with Crippen molar-refractivity contribution in [2.45, 2.75) is 17.8 Å². The van der Waals surface area contributed by atoms with E-state index in [4.69, 9.17) is 4.52 Å². The summed E-state index contributed by atoms with van der Waals surface area (Å²) in [6.07, 6.45) is 1.75. The summed E-state index contributed by atoms with van der Waals surface area (Å²) in [6, 6.07) is 11.6. The van der Waals surface area contributed by atoms with E-state index in [1.807, 2.05) is 43.3 Å². The minimum atomic E-state index is 0.534. The molecule has 0 aliphatic rings. The van der Waals surface area contributed by atoms with Crippen molar-refractivity contribution in [2.75, 3.05) is 0 Å². The summed E-state index contributed by atoms with van der Waals surface area (Å²) in [4.78, 5) is 12.9. The first kappa shape index (κ1) is 12.8. The van der Waals surface area contributed by atoms with Gasteiger partial charge in [-0.3, -0.25) is 0 Å². The van der Waals surface area contributed by atoms with Crippen LogP contribution in [-0.4, -0.2) is 20.1 Å². The number of hydrogen-bond acceptors (Lipinski definition) is 6. The Balaban J connectivity index is 1.69. The van der Waals surface area contributed by atoms with Crippen LogP contribution in [0.1, 0.15) is 11.5 Å². The number of aryl methyl sites for hydroxylation is 1. The van der Waals surface area contributed by atoms with Crippen LogP contribution < -0.4 is 0 Å². The van der Waals surface area contributed by atoms with Gasteiger partial charge in [0.15, 0.2) is 11.0 Å². The lowest BCUT2D eigenvalue weighted by molar-refractivity contribution is 0.425. The van der Waals surface area contributed by atoms with Gasteiger partial charge in [-0.25, -0.2) is 9.97 Å². The predicted octanol–water partition coefficient (Wildman–Crippen LogP) is 3.13. The second kappa shape index (κ2) is 5.83. The highest BCUT2D eigenvalue weighted by Gasteiger charge is 2.09. The zero-order chi connectivity index (χ0) is 13.8. The molecule has 5 nitrogen and oxygen atoms in total. The molecule has 0 spiro atoms. The van der Waals surface area contributed by atoms with Gasteiger partial charge >= 0.3 is 0 Å². The van der Waals surface area contributed by atoms with E-state index < -0.39 is 0 Å². The Hall–Kier alpha value is -2.21. The van der Waals surface area contributed by atoms with Crippen molar-refractivity contribution in [1.29, 1.82) is 0 Å². The molecule has 3 rings (SSSR count). The topological polar surface area (TPSA) is 64.7 Å². The van der Waals surface area contributed by atoms with Crippen LogP contribution in [0.2, 0.25) is 0 Å². The second-order valence-corrected chi connectivity index (χ2v) is 5.09. The minimum Gasteiger partial charge on any atom is -0.334 e. The van der Waals surface area contributed by atoms with Crippen molar-refractivity contribution in [2.24, 2.45) is 0 Å². The SMILES string of the molecule is Cc1ccnc(SCc2noc(-c3ccccc3)n2)n1. The van der Waals surface area contributed by atoms with Gasteiger partial charge in [0.2, 0.25) is 0 Å². The van der Waals surface area contributed by atoms with Crippen LogP contribution in [0, 0.1) is 6.92 Å². The first-order valence-electron chi connectivity index (χ1n) is 6.12. The molecule has 0 unspecified atom stereocenters. The quantitative estimate of drug-likeness (QED) is 0.541. The molecule has 2 aromatic heterocycles. The van der Waals surface area contributed by atoms with E-state index in [0.717, 1.165) is 16.4 Å². The summed E-state index contributed by atoms with van der Waals surface area (Å²) in [5.74, 6) is 1.75. The fraction of sp³-hybridized carbons (Fsp3) is 0.143. The normalized spacial score (nSPS) is 10.7. The molecule has 0 aliphatic heterocycles. The number of rotatable bonds is 4. The lowest BCUT2D eigenvalue weighted by atomic mass is 10.2. The highest BCUT2D eigenvalue weighted by molar-refractivity contribution is 7.98. The summed E-state index contributed by atoms with van der Waals surface area (Å²) < 4.78 is 5.25. The van der Waals surface area contributed by atoms with Gasteiger partial charge in [0.1, 0.15) is 0 Å². The molecule has 1 aromatic carbocycles. The molecule has 0 N–H and O–H groups in total. The molecule has 100 valence electrons. The van der Waals surface area contributed by atoms with Crippen molar-refractivity contribution in [1.82, 2.24) is 20.1 Å². The molecule has 0 aliphatic carbocycles. The number of benzene rings is 1. The smallest absolute Gasteiger partial charge is 0.257 e. The van der Waals surface area contributed by atoms with E-state index in [2.05, 4.69) is 20.1 Å². The minimum absolute atomic E-state index is 0.534. The average molecular weight is 284 g/mol. The van der Waals surface area contributed by atoms with Gasteiger partial charge in [-0.2, -0.15) is 4.98 Å². The van der Waals surface area contributed by atoms with Crippen molar-refractivity contribution in [3.63, 3.8) is 0 Å². The molecular weight excluding hydrogens is 272 g/mol. The molecule has 0 bridgehead atoms. The Kier molecular flexibility index (Phi) is 3.73. The molecule has 3 aromatic rings. The van der Waals surface area contributed by atoms with Crippen molar-refractivity contribution in [3.8, 4) is 11.5 Å². The lowest BCUT2D eigenvalue weighted by Gasteiger charge is -1.97. The van der Waals surface area contributed by atoms with Crippen molar-refractivity contribution in [3.05, 3.63) is 54.1 Å². The Labute approximate surface area is 120 Å². The van der Waals surface area contributed by atoms with Gasteiger partial charge < -0.3 is 4.52 Å². The third-order valence-corrected chi connectivity index (χ3v) is 3.45. The molecule has 0 saturated carbocycles. The van der Waals surface area contributed by atoms with Crippen LogP contribution in [0.15, 0.2) is 52.3 Å². The van der Waals surface area contributed by atoms with Crippen LogP contribution in [0.5, 0.6) is 0 Å². The summed E-state index contributed by atoms with van der Waals surface area (Å²) in [7, 11) is 0. The summed E-state index contributed by atoms with van der Waals surface area (Å²) in [6.45, 7) is 1.94. The van der Waals surface area contributed by atoms with E-state index in [1.165, 1.54) is 11.8 Å². The highest BCUT2D eigenvalue weighted by Crippen LogP contribution is 2.20. The van der Waals surface area contributed by atoms with Crippen LogP contribution in [0.4, 0.5) is 0 Å². The number of nitrogens with zero attached hydrogens (tertiary/aromatic N) is 4. The first-order valence-corrected chi connectivity index (χ1v) is 7.10. The largest absolute Gasteiger partial charge is 0.334 e. The summed E-state index contributed by atoms with van der Waals surface area (Å²) in [5, 5.41) is 4.69. The number of thioether (sulfide) groups is 1. The van der Waals surface area contributed by atoms with Crippen molar-refractivity contribution >= 4 is 11.8 Å². The molecule has 2 heterocycles. The molecular formula is C14H12N4OS. The molecule has 0 saturated heterocycles. The first-order chi connectivity index (χ1) is 9.81. The Morgan fingerprint density at radius 2 is 1.95 bits per heavy atom. The van der Waals surface area contributed by atoms with E-state index in [9.17, 15) is 0 Å². The standard InChI is InChI=1S/C14H12N4OS/c1-10-7-8-15-14(16-10)20-9-12-17-13(19-18-12)11-5-3-2-4-6-11/h2-8H,9H2,1H3. The van der Waals surface area contributed by atoms with Gasteiger partial charge in [-0.15, -0.1) is 0 Å². The average Bonchev–Trinajstić information content (AvgIpc) is 2.95. The van der Waals surface area contributed by atoms with E-state index in [1.54, 1.807) is 6.20 Å². The van der Waals surface area contributed by atoms with Gasteiger partial charge in [-0.05, 0) is 25.1 Å². The molecule has 0 amide bonds. The lowest BCUT2D eigenvalue weighted by Crippen LogP contribution is -1.90. The van der Waals surface area contributed by atoms with Crippen LogP contribution in [-0.2, 0) is 5.75 Å². The Bertz CT molecular complexity index is 699. The fourth-order valence-electron chi connectivity index (χ4n) is 1.64. The van der Waals surface area contributed by atoms with Gasteiger partial charge in [-0.1, -0.05) is 35.1 Å². The molecule has 20 heavy (non-hydrogen) atoms. The maximum atomic E-state index is 5.25. The van der Waals surface area contributed by atoms with Crippen LogP contribution in [0.25, 0.3) is 11.5 Å². The zero-order valence-electron chi connectivity index (χ0n) is 10.9. The predicted molar refractivity (Wildman–Crippen MR) is 76.1 cm³/mol. The molecule has 0 fully saturated rings. The fourth-order valence-corrected chi connectivity index (χ4v) is 2.35. The summed E-state index contributed by atoms with van der Waals surface area (Å²) >= 11 is 1.49.